The molecule has 0 aliphatic heterocycles. The van der Waals surface area contributed by atoms with E-state index in [1.54, 1.807) is 0 Å². The number of hydrogen-bond donors (Lipinski definition) is 0. The number of fused-ring (bicyclic) bond motifs is 9. The molecule has 0 atom stereocenters. The maximum absolute atomic E-state index is 2.59. The van der Waals surface area contributed by atoms with Crippen LogP contribution < -0.4 is 9.80 Å². The average Bonchev–Trinajstić information content (AvgIpc) is 3.91. The van der Waals surface area contributed by atoms with Crippen LogP contribution in [0.4, 0.5) is 34.1 Å². The number of benzene rings is 10. The van der Waals surface area contributed by atoms with Crippen LogP contribution in [0.25, 0.3) is 72.7 Å². The minimum Gasteiger partial charge on any atom is -0.308 e. The second kappa shape index (κ2) is 15.4. The molecule has 0 saturated carbocycles. The SMILES string of the molecule is CC(C)c1cccc(N(c2c3ccccc3cc3c(N(c4cccc(C(C)C)c4)c4cccc5c4sc4ccccc45)c4ccccc4cc23)c2cccc3c2sc2ccccc23)c1. The third-order valence-corrected chi connectivity index (χ3v) is 15.5. The summed E-state index contributed by atoms with van der Waals surface area (Å²) >= 11 is 3.78. The first kappa shape index (κ1) is 38.7. The Morgan fingerprint density at radius 1 is 0.328 bits per heavy atom. The van der Waals surface area contributed by atoms with Crippen LogP contribution in [-0.4, -0.2) is 0 Å². The van der Waals surface area contributed by atoms with Gasteiger partial charge in [0.25, 0.3) is 0 Å². The number of nitrogens with zero attached hydrogens (tertiary/aromatic N) is 2. The highest BCUT2D eigenvalue weighted by atomic mass is 32.1. The molecule has 0 aliphatic rings. The second-order valence-corrected chi connectivity index (χ2v) is 19.8. The van der Waals surface area contributed by atoms with Gasteiger partial charge in [0.05, 0.1) is 32.1 Å². The molecule has 0 N–H and O–H groups in total. The molecule has 0 radical (unpaired) electrons. The van der Waals surface area contributed by atoms with Gasteiger partial charge in [0, 0.05) is 63.9 Å². The van der Waals surface area contributed by atoms with Crippen molar-refractivity contribution < 1.29 is 0 Å². The molecular weight excluding hydrogens is 813 g/mol. The van der Waals surface area contributed by atoms with Crippen molar-refractivity contribution in [3.8, 4) is 0 Å². The highest BCUT2D eigenvalue weighted by molar-refractivity contribution is 7.26. The predicted octanol–water partition coefficient (Wildman–Crippen LogP) is 19.1. The van der Waals surface area contributed by atoms with Crippen molar-refractivity contribution in [2.45, 2.75) is 39.5 Å². The van der Waals surface area contributed by atoms with E-state index in [1.807, 2.05) is 22.7 Å². The van der Waals surface area contributed by atoms with E-state index < -0.39 is 0 Å². The van der Waals surface area contributed by atoms with Crippen LogP contribution in [-0.2, 0) is 0 Å². The van der Waals surface area contributed by atoms with E-state index in [-0.39, 0.29) is 0 Å². The van der Waals surface area contributed by atoms with Gasteiger partial charge in [0.1, 0.15) is 0 Å². The monoisotopic (exact) mass is 858 g/mol. The molecule has 0 spiro atoms. The van der Waals surface area contributed by atoms with Crippen LogP contribution in [0.1, 0.15) is 50.7 Å². The normalized spacial score (nSPS) is 12.0. The summed E-state index contributed by atoms with van der Waals surface area (Å²) in [5, 5.41) is 12.4. The molecule has 64 heavy (non-hydrogen) atoms. The summed E-state index contributed by atoms with van der Waals surface area (Å²) in [4.78, 5) is 5.17. The van der Waals surface area contributed by atoms with Crippen molar-refractivity contribution >= 4 is 129 Å². The van der Waals surface area contributed by atoms with Gasteiger partial charge in [-0.05, 0) is 94.4 Å². The van der Waals surface area contributed by atoms with Crippen molar-refractivity contribution in [1.82, 2.24) is 0 Å². The highest BCUT2D eigenvalue weighted by Crippen LogP contribution is 2.54. The molecule has 12 aromatic rings. The largest absolute Gasteiger partial charge is 0.308 e. The summed E-state index contributed by atoms with van der Waals surface area (Å²) in [5.74, 6) is 0.738. The van der Waals surface area contributed by atoms with Crippen molar-refractivity contribution in [2.24, 2.45) is 0 Å². The molecule has 4 heteroatoms. The van der Waals surface area contributed by atoms with Gasteiger partial charge < -0.3 is 9.80 Å². The van der Waals surface area contributed by atoms with E-state index >= 15 is 0 Å². The van der Waals surface area contributed by atoms with Gasteiger partial charge in [-0.1, -0.05) is 161 Å². The predicted molar refractivity (Wildman–Crippen MR) is 282 cm³/mol. The lowest BCUT2D eigenvalue weighted by Crippen LogP contribution is -2.14. The molecule has 2 aromatic heterocycles. The molecule has 0 fully saturated rings. The molecule has 10 aromatic carbocycles. The van der Waals surface area contributed by atoms with Crippen LogP contribution >= 0.6 is 22.7 Å². The number of thiophene rings is 2. The quantitative estimate of drug-likeness (QED) is 0.141. The van der Waals surface area contributed by atoms with Crippen molar-refractivity contribution in [1.29, 1.82) is 0 Å². The zero-order valence-corrected chi connectivity index (χ0v) is 38.0. The van der Waals surface area contributed by atoms with Gasteiger partial charge in [-0.25, -0.2) is 0 Å². The summed E-state index contributed by atoms with van der Waals surface area (Å²) in [5.41, 5.74) is 9.67. The minimum absolute atomic E-state index is 0.369. The third-order valence-electron chi connectivity index (χ3n) is 13.1. The summed E-state index contributed by atoms with van der Waals surface area (Å²) in [6.45, 7) is 9.17. The lowest BCUT2D eigenvalue weighted by atomic mass is 9.93. The Morgan fingerprint density at radius 2 is 0.703 bits per heavy atom. The fourth-order valence-corrected chi connectivity index (χ4v) is 12.4. The molecule has 0 unspecified atom stereocenters. The van der Waals surface area contributed by atoms with E-state index in [9.17, 15) is 0 Å². The lowest BCUT2D eigenvalue weighted by Gasteiger charge is -2.32. The van der Waals surface area contributed by atoms with Gasteiger partial charge in [0.2, 0.25) is 0 Å². The Morgan fingerprint density at radius 3 is 1.14 bits per heavy atom. The van der Waals surface area contributed by atoms with E-state index in [0.717, 1.165) is 11.4 Å². The Balaban J connectivity index is 1.26. The van der Waals surface area contributed by atoms with E-state index in [2.05, 4.69) is 232 Å². The minimum atomic E-state index is 0.369. The molecule has 12 rings (SSSR count). The van der Waals surface area contributed by atoms with Crippen LogP contribution in [0, 0.1) is 0 Å². The van der Waals surface area contributed by atoms with Gasteiger partial charge in [-0.3, -0.25) is 0 Å². The van der Waals surface area contributed by atoms with Gasteiger partial charge in [0.15, 0.2) is 0 Å². The van der Waals surface area contributed by atoms with Crippen LogP contribution in [0.2, 0.25) is 0 Å². The number of hydrogen-bond acceptors (Lipinski definition) is 4. The topological polar surface area (TPSA) is 6.48 Å². The van der Waals surface area contributed by atoms with Gasteiger partial charge in [-0.15, -0.1) is 22.7 Å². The van der Waals surface area contributed by atoms with E-state index in [1.165, 1.54) is 107 Å². The number of anilines is 6. The van der Waals surface area contributed by atoms with Gasteiger partial charge >= 0.3 is 0 Å². The third kappa shape index (κ3) is 6.19. The van der Waals surface area contributed by atoms with E-state index in [0.29, 0.717) is 11.8 Å². The molecule has 0 aliphatic carbocycles. The van der Waals surface area contributed by atoms with Crippen molar-refractivity contribution in [3.05, 3.63) is 205 Å². The summed E-state index contributed by atoms with van der Waals surface area (Å²) in [7, 11) is 0. The molecule has 0 amide bonds. The first-order chi connectivity index (χ1) is 31.4. The summed E-state index contributed by atoms with van der Waals surface area (Å²) in [6.07, 6.45) is 0. The Hall–Kier alpha value is -6.98. The first-order valence-corrected chi connectivity index (χ1v) is 24.0. The Bertz CT molecular complexity index is 3530. The molecule has 2 heterocycles. The van der Waals surface area contributed by atoms with Crippen LogP contribution in [0.3, 0.4) is 0 Å². The van der Waals surface area contributed by atoms with Crippen molar-refractivity contribution in [3.63, 3.8) is 0 Å². The fourth-order valence-electron chi connectivity index (χ4n) is 9.95. The van der Waals surface area contributed by atoms with Gasteiger partial charge in [-0.2, -0.15) is 0 Å². The maximum atomic E-state index is 2.59. The molecule has 0 saturated heterocycles. The number of rotatable bonds is 8. The fraction of sp³-hybridized carbons (Fsp3) is 0.100. The standard InChI is InChI=1S/C60H46N2S2/c1-37(2)39-19-13-21-43(33-39)61(53-29-15-27-49-47-25-9-11-31-55(47)63-59(49)53)57-45-23-7-5-17-41(45)36-52-51(57)35-42-18-6-8-24-46(42)58(52)62(44-22-14-20-40(34-44)38(3)4)54-30-16-28-50-48-26-10-12-32-56(48)64-60(50)54/h5-38H,1-4H3. The smallest absolute Gasteiger partial charge is 0.0640 e. The highest BCUT2D eigenvalue weighted by Gasteiger charge is 2.28. The summed E-state index contributed by atoms with van der Waals surface area (Å²) in [6, 6.07) is 72.9. The average molecular weight is 859 g/mol. The molecular formula is C60H46N2S2. The second-order valence-electron chi connectivity index (χ2n) is 17.7. The Kier molecular flexibility index (Phi) is 9.29. The Labute approximate surface area is 381 Å². The first-order valence-electron chi connectivity index (χ1n) is 22.4. The summed E-state index contributed by atoms with van der Waals surface area (Å²) < 4.78 is 5.16. The van der Waals surface area contributed by atoms with Crippen molar-refractivity contribution in [2.75, 3.05) is 9.80 Å². The molecule has 308 valence electrons. The zero-order chi connectivity index (χ0) is 43.1. The zero-order valence-electron chi connectivity index (χ0n) is 36.3. The van der Waals surface area contributed by atoms with Crippen LogP contribution in [0.5, 0.6) is 0 Å². The maximum Gasteiger partial charge on any atom is 0.0640 e. The lowest BCUT2D eigenvalue weighted by molar-refractivity contribution is 0.866. The van der Waals surface area contributed by atoms with E-state index in [4.69, 9.17) is 0 Å². The molecule has 0 bridgehead atoms. The van der Waals surface area contributed by atoms with Crippen LogP contribution in [0.15, 0.2) is 194 Å². The molecule has 2 nitrogen and oxygen atoms in total.